The maximum atomic E-state index is 12.7. The zero-order valence-corrected chi connectivity index (χ0v) is 14.9. The second kappa shape index (κ2) is 6.28. The van der Waals surface area contributed by atoms with Crippen molar-refractivity contribution in [2.24, 2.45) is 0 Å². The number of aryl methyl sites for hydroxylation is 1. The molecule has 4 nitrogen and oxygen atoms in total. The minimum absolute atomic E-state index is 0.0340. The Bertz CT molecular complexity index is 862. The molecule has 1 N–H and O–H groups in total. The highest BCUT2D eigenvalue weighted by molar-refractivity contribution is 6.01. The highest BCUT2D eigenvalue weighted by atomic mass is 16.5. The van der Waals surface area contributed by atoms with Gasteiger partial charge in [-0.1, -0.05) is 12.1 Å². The van der Waals surface area contributed by atoms with Gasteiger partial charge in [0.25, 0.3) is 0 Å². The SMILES string of the molecule is COc1cc(CC(=O)c2ccc3c(c2O)C=CC(C)(C)O3)ccc1C. The van der Waals surface area contributed by atoms with E-state index in [-0.39, 0.29) is 18.0 Å². The van der Waals surface area contributed by atoms with E-state index >= 15 is 0 Å². The summed E-state index contributed by atoms with van der Waals surface area (Å²) in [5, 5.41) is 10.5. The summed E-state index contributed by atoms with van der Waals surface area (Å²) in [6.45, 7) is 5.83. The molecule has 1 aliphatic heterocycles. The molecule has 0 unspecified atom stereocenters. The van der Waals surface area contributed by atoms with E-state index in [0.29, 0.717) is 16.9 Å². The maximum absolute atomic E-state index is 12.7. The predicted molar refractivity (Wildman–Crippen MR) is 97.6 cm³/mol. The van der Waals surface area contributed by atoms with E-state index in [9.17, 15) is 9.90 Å². The van der Waals surface area contributed by atoms with Gasteiger partial charge in [-0.2, -0.15) is 0 Å². The Balaban J connectivity index is 1.89. The van der Waals surface area contributed by atoms with E-state index in [1.165, 1.54) is 0 Å². The third-order valence-corrected chi connectivity index (χ3v) is 4.34. The third kappa shape index (κ3) is 3.38. The summed E-state index contributed by atoms with van der Waals surface area (Å²) in [4.78, 5) is 12.7. The number of carbonyl (C=O) groups excluding carboxylic acids is 1. The number of Topliss-reactive ketones (excluding diaryl/α,β-unsaturated/α-hetero) is 1. The number of ketones is 1. The van der Waals surface area contributed by atoms with E-state index in [2.05, 4.69) is 0 Å². The molecule has 0 aliphatic carbocycles. The van der Waals surface area contributed by atoms with Gasteiger partial charge in [0.1, 0.15) is 22.8 Å². The fourth-order valence-electron chi connectivity index (χ4n) is 2.92. The van der Waals surface area contributed by atoms with Crippen LogP contribution in [0.2, 0.25) is 0 Å². The molecule has 3 rings (SSSR count). The Morgan fingerprint density at radius 3 is 2.72 bits per heavy atom. The number of carbonyl (C=O) groups is 1. The number of ether oxygens (including phenoxy) is 2. The first-order valence-corrected chi connectivity index (χ1v) is 8.21. The summed E-state index contributed by atoms with van der Waals surface area (Å²) >= 11 is 0. The summed E-state index contributed by atoms with van der Waals surface area (Å²) in [6.07, 6.45) is 3.87. The predicted octanol–water partition coefficient (Wildman–Crippen LogP) is 4.32. The monoisotopic (exact) mass is 338 g/mol. The highest BCUT2D eigenvalue weighted by Gasteiger charge is 2.25. The Hall–Kier alpha value is -2.75. The molecule has 0 amide bonds. The lowest BCUT2D eigenvalue weighted by molar-refractivity contribution is 0.0990. The molecule has 0 saturated heterocycles. The molecule has 0 atom stereocenters. The van der Waals surface area contributed by atoms with Gasteiger partial charge in [0.15, 0.2) is 5.78 Å². The second-order valence-electron chi connectivity index (χ2n) is 6.82. The van der Waals surface area contributed by atoms with Crippen LogP contribution >= 0.6 is 0 Å². The summed E-state index contributed by atoms with van der Waals surface area (Å²) in [5.41, 5.74) is 2.28. The molecule has 1 aliphatic rings. The lowest BCUT2D eigenvalue weighted by Gasteiger charge is -2.28. The Morgan fingerprint density at radius 1 is 1.24 bits per heavy atom. The van der Waals surface area contributed by atoms with Crippen molar-refractivity contribution in [2.75, 3.05) is 7.11 Å². The van der Waals surface area contributed by atoms with Crippen LogP contribution in [-0.4, -0.2) is 23.6 Å². The van der Waals surface area contributed by atoms with Crippen LogP contribution in [0.4, 0.5) is 0 Å². The van der Waals surface area contributed by atoms with Gasteiger partial charge in [0.05, 0.1) is 18.2 Å². The molecule has 2 aromatic carbocycles. The van der Waals surface area contributed by atoms with Crippen molar-refractivity contribution >= 4 is 11.9 Å². The van der Waals surface area contributed by atoms with Crippen molar-refractivity contribution in [1.29, 1.82) is 0 Å². The van der Waals surface area contributed by atoms with E-state index in [1.807, 2.05) is 45.0 Å². The highest BCUT2D eigenvalue weighted by Crippen LogP contribution is 2.38. The smallest absolute Gasteiger partial charge is 0.170 e. The minimum Gasteiger partial charge on any atom is -0.506 e. The van der Waals surface area contributed by atoms with Crippen molar-refractivity contribution in [3.05, 3.63) is 58.7 Å². The molecule has 130 valence electrons. The normalized spacial score (nSPS) is 14.6. The average molecular weight is 338 g/mol. The number of aromatic hydroxyl groups is 1. The molecule has 25 heavy (non-hydrogen) atoms. The standard InChI is InChI=1S/C21H22O4/c1-13-5-6-14(12-19(13)24-4)11-17(22)15-7-8-18-16(20(15)23)9-10-21(2,3)25-18/h5-10,12,23H,11H2,1-4H3. The van der Waals surface area contributed by atoms with E-state index in [4.69, 9.17) is 9.47 Å². The van der Waals surface area contributed by atoms with Crippen LogP contribution < -0.4 is 9.47 Å². The van der Waals surface area contributed by atoms with E-state index in [1.54, 1.807) is 25.3 Å². The number of fused-ring (bicyclic) bond motifs is 1. The van der Waals surface area contributed by atoms with E-state index in [0.717, 1.165) is 16.9 Å². The molecular formula is C21H22O4. The van der Waals surface area contributed by atoms with Gasteiger partial charge in [0, 0.05) is 6.42 Å². The van der Waals surface area contributed by atoms with Gasteiger partial charge < -0.3 is 14.6 Å². The topological polar surface area (TPSA) is 55.8 Å². The molecule has 0 saturated carbocycles. The number of benzene rings is 2. The molecule has 0 bridgehead atoms. The molecule has 0 spiro atoms. The van der Waals surface area contributed by atoms with Gasteiger partial charge in [-0.25, -0.2) is 0 Å². The fraction of sp³-hybridized carbons (Fsp3) is 0.286. The summed E-state index contributed by atoms with van der Waals surface area (Å²) in [7, 11) is 1.61. The first-order valence-electron chi connectivity index (χ1n) is 8.21. The largest absolute Gasteiger partial charge is 0.506 e. The zero-order valence-electron chi connectivity index (χ0n) is 14.9. The van der Waals surface area contributed by atoms with Crippen molar-refractivity contribution in [2.45, 2.75) is 32.8 Å². The Morgan fingerprint density at radius 2 is 2.00 bits per heavy atom. The zero-order chi connectivity index (χ0) is 18.2. The average Bonchev–Trinajstić information content (AvgIpc) is 2.55. The lowest BCUT2D eigenvalue weighted by Crippen LogP contribution is -2.27. The van der Waals surface area contributed by atoms with Gasteiger partial charge in [-0.15, -0.1) is 0 Å². The lowest BCUT2D eigenvalue weighted by atomic mass is 9.96. The summed E-state index contributed by atoms with van der Waals surface area (Å²) < 4.78 is 11.1. The van der Waals surface area contributed by atoms with Gasteiger partial charge in [0.2, 0.25) is 0 Å². The molecule has 0 aromatic heterocycles. The van der Waals surface area contributed by atoms with Crippen molar-refractivity contribution in [3.8, 4) is 17.2 Å². The van der Waals surface area contributed by atoms with Gasteiger partial charge >= 0.3 is 0 Å². The Kier molecular flexibility index (Phi) is 4.29. The second-order valence-corrected chi connectivity index (χ2v) is 6.82. The quantitative estimate of drug-likeness (QED) is 0.844. The van der Waals surface area contributed by atoms with Crippen molar-refractivity contribution < 1.29 is 19.4 Å². The molecule has 0 fully saturated rings. The van der Waals surface area contributed by atoms with Crippen LogP contribution in [0.1, 0.15) is 40.9 Å². The molecule has 2 aromatic rings. The number of hydrogen-bond donors (Lipinski definition) is 1. The molecule has 4 heteroatoms. The Labute approximate surface area is 147 Å². The number of phenolic OH excluding ortho intramolecular Hbond substituents is 1. The van der Waals surface area contributed by atoms with Gasteiger partial charge in [-0.3, -0.25) is 4.79 Å². The number of hydrogen-bond acceptors (Lipinski definition) is 4. The summed E-state index contributed by atoms with van der Waals surface area (Å²) in [5.74, 6) is 1.15. The first-order chi connectivity index (χ1) is 11.8. The van der Waals surface area contributed by atoms with Crippen LogP contribution in [0.3, 0.4) is 0 Å². The summed E-state index contributed by atoms with van der Waals surface area (Å²) in [6, 6.07) is 9.04. The third-order valence-electron chi connectivity index (χ3n) is 4.34. The van der Waals surface area contributed by atoms with Crippen LogP contribution in [0.15, 0.2) is 36.4 Å². The van der Waals surface area contributed by atoms with Crippen molar-refractivity contribution in [3.63, 3.8) is 0 Å². The maximum Gasteiger partial charge on any atom is 0.170 e. The van der Waals surface area contributed by atoms with E-state index < -0.39 is 5.60 Å². The molecule has 0 radical (unpaired) electrons. The minimum atomic E-state index is -0.427. The van der Waals surface area contributed by atoms with Crippen molar-refractivity contribution in [1.82, 2.24) is 0 Å². The number of rotatable bonds is 4. The van der Waals surface area contributed by atoms with Gasteiger partial charge in [-0.05, 0) is 62.2 Å². The number of methoxy groups -OCH3 is 1. The van der Waals surface area contributed by atoms with Crippen LogP contribution in [0.5, 0.6) is 17.2 Å². The first kappa shape index (κ1) is 17.1. The fourth-order valence-corrected chi connectivity index (χ4v) is 2.92. The molecular weight excluding hydrogens is 316 g/mol. The van der Waals surface area contributed by atoms with Crippen LogP contribution in [-0.2, 0) is 6.42 Å². The molecule has 1 heterocycles. The van der Waals surface area contributed by atoms with Crippen LogP contribution in [0, 0.1) is 6.92 Å². The van der Waals surface area contributed by atoms with Crippen LogP contribution in [0.25, 0.3) is 6.08 Å². The number of phenols is 1.